The van der Waals surface area contributed by atoms with E-state index in [9.17, 15) is 24.2 Å². The van der Waals surface area contributed by atoms with Gasteiger partial charge in [0.05, 0.1) is 19.8 Å². The van der Waals surface area contributed by atoms with E-state index in [1.54, 1.807) is 0 Å². The second-order valence-corrected chi connectivity index (χ2v) is 15.1. The third-order valence-corrected chi connectivity index (χ3v) is 9.25. The number of ether oxygens (including phenoxy) is 2. The first-order valence-corrected chi connectivity index (χ1v) is 22.5. The number of rotatable bonds is 38. The molecule has 0 fully saturated rings. The maximum atomic E-state index is 12.6. The molecule has 0 aromatic carbocycles. The molecule has 3 atom stereocenters. The lowest BCUT2D eigenvalue weighted by Crippen LogP contribution is -2.29. The van der Waals surface area contributed by atoms with Crippen LogP contribution < -0.4 is 0 Å². The first kappa shape index (κ1) is 53.1. The Balaban J connectivity index is 4.48. The first-order chi connectivity index (χ1) is 27.2. The summed E-state index contributed by atoms with van der Waals surface area (Å²) in [6, 6.07) is 0. The summed E-state index contributed by atoms with van der Waals surface area (Å²) in [5, 5.41) is 18.3. The molecule has 0 aliphatic heterocycles. The number of carbonyl (C=O) groups is 2. The highest BCUT2D eigenvalue weighted by molar-refractivity contribution is 7.47. The number of aliphatic hydroxyl groups is 2. The Morgan fingerprint density at radius 2 is 1.02 bits per heavy atom. The van der Waals surface area contributed by atoms with Crippen molar-refractivity contribution in [2.24, 2.45) is 0 Å². The van der Waals surface area contributed by atoms with E-state index in [1.807, 2.05) is 12.2 Å². The molecular weight excluding hydrogens is 731 g/mol. The molecule has 0 aliphatic carbocycles. The van der Waals surface area contributed by atoms with Crippen molar-refractivity contribution < 1.29 is 47.8 Å². The van der Waals surface area contributed by atoms with Crippen LogP contribution in [0.2, 0.25) is 0 Å². The Kier molecular flexibility index (Phi) is 38.3. The number of unbranched alkanes of at least 4 members (excludes halogenated alkanes) is 10. The van der Waals surface area contributed by atoms with Gasteiger partial charge in [0.25, 0.3) is 0 Å². The molecule has 0 aromatic heterocycles. The van der Waals surface area contributed by atoms with Crippen molar-refractivity contribution in [2.75, 3.05) is 26.4 Å². The molecule has 320 valence electrons. The summed E-state index contributed by atoms with van der Waals surface area (Å²) in [7, 11) is -4.64. The molecule has 11 heteroatoms. The molecule has 0 amide bonds. The molecule has 0 saturated carbocycles. The van der Waals surface area contributed by atoms with Gasteiger partial charge in [-0.15, -0.1) is 0 Å². The van der Waals surface area contributed by atoms with Crippen LogP contribution in [-0.4, -0.2) is 65.7 Å². The zero-order valence-electron chi connectivity index (χ0n) is 34.6. The van der Waals surface area contributed by atoms with Crippen molar-refractivity contribution in [3.63, 3.8) is 0 Å². The van der Waals surface area contributed by atoms with Gasteiger partial charge >= 0.3 is 19.8 Å². The zero-order valence-corrected chi connectivity index (χ0v) is 35.5. The summed E-state index contributed by atoms with van der Waals surface area (Å²) in [4.78, 5) is 34.9. The Morgan fingerprint density at radius 3 is 1.55 bits per heavy atom. The number of phosphoric acid groups is 1. The Bertz CT molecular complexity index is 1200. The number of aliphatic hydroxyl groups excluding tert-OH is 2. The lowest BCUT2D eigenvalue weighted by Gasteiger charge is -2.20. The van der Waals surface area contributed by atoms with Crippen LogP contribution in [0.15, 0.2) is 85.1 Å². The lowest BCUT2D eigenvalue weighted by molar-refractivity contribution is -0.161. The summed E-state index contributed by atoms with van der Waals surface area (Å²) >= 11 is 0. The van der Waals surface area contributed by atoms with Crippen LogP contribution in [0.25, 0.3) is 0 Å². The van der Waals surface area contributed by atoms with Crippen LogP contribution in [0.5, 0.6) is 0 Å². The van der Waals surface area contributed by atoms with Crippen LogP contribution in [0.4, 0.5) is 0 Å². The summed E-state index contributed by atoms with van der Waals surface area (Å²) in [6.07, 6.45) is 47.1. The monoisotopic (exact) mass is 807 g/mol. The number of phosphoric ester groups is 1. The van der Waals surface area contributed by atoms with E-state index < -0.39 is 51.8 Å². The predicted molar refractivity (Wildman–Crippen MR) is 228 cm³/mol. The molecule has 10 nitrogen and oxygen atoms in total. The van der Waals surface area contributed by atoms with Crippen molar-refractivity contribution >= 4 is 19.8 Å². The minimum atomic E-state index is -4.64. The van der Waals surface area contributed by atoms with Gasteiger partial charge in [0.15, 0.2) is 6.10 Å². The molecule has 0 aliphatic rings. The van der Waals surface area contributed by atoms with Gasteiger partial charge in [-0.1, -0.05) is 144 Å². The standard InChI is InChI=1S/C45H75O10P/c1-3-5-7-9-11-13-15-17-19-20-21-22-23-25-27-29-31-33-35-37-45(49)55-43(41-54-56(50,51)53-39-42(47)38-46)40-52-44(48)36-34-32-30-28-26-24-18-16-14-12-10-8-6-4-2/h5,7,11,13,16-19,21-22,25,27,31,33,42-43,46-47H,3-4,6,8-10,12,14-15,20,23-24,26,28-30,32,34-41H2,1-2H3,(H,50,51)/b7-5-,13-11-,18-16-,19-17-,22-21-,27-25-,33-31-/t42-,43+/m0/s1. The fourth-order valence-corrected chi connectivity index (χ4v) is 5.86. The summed E-state index contributed by atoms with van der Waals surface area (Å²) in [5.41, 5.74) is 0. The molecule has 0 aromatic rings. The fourth-order valence-electron chi connectivity index (χ4n) is 5.07. The Hall–Kier alpha value is -2.85. The Morgan fingerprint density at radius 1 is 0.554 bits per heavy atom. The third-order valence-electron chi connectivity index (χ3n) is 8.30. The third kappa shape index (κ3) is 39.4. The van der Waals surface area contributed by atoms with Crippen molar-refractivity contribution in [1.29, 1.82) is 0 Å². The first-order valence-electron chi connectivity index (χ1n) is 21.0. The largest absolute Gasteiger partial charge is 0.472 e. The second-order valence-electron chi connectivity index (χ2n) is 13.6. The molecule has 0 saturated heterocycles. The van der Waals surface area contributed by atoms with Crippen molar-refractivity contribution in [3.8, 4) is 0 Å². The van der Waals surface area contributed by atoms with Crippen LogP contribution in [0.1, 0.15) is 149 Å². The van der Waals surface area contributed by atoms with Gasteiger partial charge in [-0.2, -0.15) is 0 Å². The number of allylic oxidation sites excluding steroid dienone is 14. The van der Waals surface area contributed by atoms with E-state index in [2.05, 4.69) is 91.3 Å². The van der Waals surface area contributed by atoms with E-state index in [-0.39, 0.29) is 19.4 Å². The highest BCUT2D eigenvalue weighted by Gasteiger charge is 2.27. The molecule has 0 rings (SSSR count). The minimum absolute atomic E-state index is 0.0530. The van der Waals surface area contributed by atoms with E-state index >= 15 is 0 Å². The molecule has 1 unspecified atom stereocenters. The number of carbonyl (C=O) groups excluding carboxylic acids is 2. The maximum absolute atomic E-state index is 12.6. The molecule has 56 heavy (non-hydrogen) atoms. The summed E-state index contributed by atoms with van der Waals surface area (Å²) in [6.45, 7) is 2.14. The van der Waals surface area contributed by atoms with E-state index in [4.69, 9.17) is 19.1 Å². The zero-order chi connectivity index (χ0) is 41.2. The van der Waals surface area contributed by atoms with Gasteiger partial charge in [0.1, 0.15) is 12.7 Å². The molecule has 0 bridgehead atoms. The Labute approximate surface area is 339 Å². The van der Waals surface area contributed by atoms with E-state index in [0.29, 0.717) is 12.8 Å². The van der Waals surface area contributed by atoms with Crippen molar-refractivity contribution in [1.82, 2.24) is 0 Å². The van der Waals surface area contributed by atoms with Gasteiger partial charge < -0.3 is 24.6 Å². The fraction of sp³-hybridized carbons (Fsp3) is 0.644. The SMILES string of the molecule is CC/C=C\C/C=C\C/C=C\C/C=C\C/C=C\C/C=C\CCC(=O)O[C@H](COC(=O)CCCCCCC/C=C\CCCCCCC)COP(=O)(O)OC[C@@H](O)CO. The lowest BCUT2D eigenvalue weighted by atomic mass is 10.1. The molecular formula is C45H75O10P. The van der Waals surface area contributed by atoms with Gasteiger partial charge in [-0.05, 0) is 77.0 Å². The highest BCUT2D eigenvalue weighted by Crippen LogP contribution is 2.43. The predicted octanol–water partition coefficient (Wildman–Crippen LogP) is 11.1. The van der Waals surface area contributed by atoms with Crippen LogP contribution in [0.3, 0.4) is 0 Å². The highest BCUT2D eigenvalue weighted by atomic mass is 31.2. The van der Waals surface area contributed by atoms with Crippen molar-refractivity contribution in [2.45, 2.75) is 161 Å². The molecule has 3 N–H and O–H groups in total. The van der Waals surface area contributed by atoms with E-state index in [0.717, 1.165) is 77.0 Å². The number of esters is 2. The van der Waals surface area contributed by atoms with E-state index in [1.165, 1.54) is 32.1 Å². The van der Waals surface area contributed by atoms with Crippen LogP contribution in [0, 0.1) is 0 Å². The number of hydrogen-bond acceptors (Lipinski definition) is 9. The normalized spacial score (nSPS) is 14.7. The molecule has 0 spiro atoms. The average molecular weight is 807 g/mol. The van der Waals surface area contributed by atoms with Crippen LogP contribution in [-0.2, 0) is 32.7 Å². The minimum Gasteiger partial charge on any atom is -0.462 e. The van der Waals surface area contributed by atoms with Gasteiger partial charge in [0, 0.05) is 12.8 Å². The number of hydrogen-bond donors (Lipinski definition) is 3. The van der Waals surface area contributed by atoms with Gasteiger partial charge in [-0.25, -0.2) is 4.57 Å². The van der Waals surface area contributed by atoms with Gasteiger partial charge in [0.2, 0.25) is 0 Å². The molecule has 0 heterocycles. The average Bonchev–Trinajstić information content (AvgIpc) is 3.19. The summed E-state index contributed by atoms with van der Waals surface area (Å²) < 4.78 is 32.6. The quantitative estimate of drug-likeness (QED) is 0.0238. The van der Waals surface area contributed by atoms with Gasteiger partial charge in [-0.3, -0.25) is 18.6 Å². The smallest absolute Gasteiger partial charge is 0.462 e. The maximum Gasteiger partial charge on any atom is 0.472 e. The second kappa shape index (κ2) is 40.4. The molecule has 0 radical (unpaired) electrons. The van der Waals surface area contributed by atoms with Crippen LogP contribution >= 0.6 is 7.82 Å². The topological polar surface area (TPSA) is 149 Å². The summed E-state index contributed by atoms with van der Waals surface area (Å²) in [5.74, 6) is -1.04. The van der Waals surface area contributed by atoms with Crippen molar-refractivity contribution in [3.05, 3.63) is 85.1 Å².